The van der Waals surface area contributed by atoms with Crippen molar-refractivity contribution in [2.45, 2.75) is 84.0 Å². The zero-order chi connectivity index (χ0) is 18.7. The van der Waals surface area contributed by atoms with Gasteiger partial charge in [0, 0.05) is 17.2 Å². The maximum Gasteiger partial charge on any atom is 0.494 e. The highest BCUT2D eigenvalue weighted by atomic mass is 16.7. The lowest BCUT2D eigenvalue weighted by atomic mass is 9.76. The summed E-state index contributed by atoms with van der Waals surface area (Å²) in [4.78, 5) is 5.05. The van der Waals surface area contributed by atoms with Gasteiger partial charge >= 0.3 is 7.12 Å². The summed E-state index contributed by atoms with van der Waals surface area (Å²) in [5.74, 6) is 1.73. The molecule has 0 radical (unpaired) electrons. The van der Waals surface area contributed by atoms with E-state index in [9.17, 15) is 0 Å². The highest BCUT2D eigenvalue weighted by molar-refractivity contribution is 6.62. The van der Waals surface area contributed by atoms with Crippen molar-refractivity contribution in [2.24, 2.45) is 10.9 Å². The summed E-state index contributed by atoms with van der Waals surface area (Å²) in [6.45, 7) is 12.8. The second-order valence-corrected chi connectivity index (χ2v) is 9.56. The van der Waals surface area contributed by atoms with Crippen molar-refractivity contribution in [3.63, 3.8) is 0 Å². The van der Waals surface area contributed by atoms with Gasteiger partial charge in [-0.1, -0.05) is 25.0 Å². The van der Waals surface area contributed by atoms with Crippen molar-refractivity contribution >= 4 is 24.1 Å². The Hall–Kier alpha value is -1.33. The molecule has 1 aliphatic carbocycles. The van der Waals surface area contributed by atoms with Crippen LogP contribution in [0.1, 0.15) is 72.8 Å². The van der Waals surface area contributed by atoms with Gasteiger partial charge in [0.15, 0.2) is 0 Å². The second-order valence-electron chi connectivity index (χ2n) is 9.56. The fourth-order valence-electron chi connectivity index (χ4n) is 4.24. The molecule has 0 unspecified atom stereocenters. The maximum absolute atomic E-state index is 6.24. The number of anilines is 1. The Balaban J connectivity index is 1.65. The largest absolute Gasteiger partial charge is 0.494 e. The van der Waals surface area contributed by atoms with E-state index in [-0.39, 0.29) is 23.9 Å². The topological polar surface area (TPSA) is 42.9 Å². The van der Waals surface area contributed by atoms with Gasteiger partial charge in [0.25, 0.3) is 0 Å². The average Bonchev–Trinajstić information content (AvgIpc) is 3.13. The Morgan fingerprint density at radius 3 is 2.23 bits per heavy atom. The SMILES string of the molecule is CC1(C)N=C(C2CCCC2)Nc2cc(B3OC(C)(C)C(C)(C)O3)ccc21. The number of aliphatic imine (C=N–C) groups is 1. The molecule has 0 atom stereocenters. The van der Waals surface area contributed by atoms with E-state index in [1.807, 2.05) is 0 Å². The van der Waals surface area contributed by atoms with Crippen LogP contribution >= 0.6 is 0 Å². The summed E-state index contributed by atoms with van der Waals surface area (Å²) in [5.41, 5.74) is 2.61. The molecular formula is C21H31BN2O2. The minimum Gasteiger partial charge on any atom is -0.399 e. The molecule has 0 aromatic heterocycles. The predicted molar refractivity (Wildman–Crippen MR) is 108 cm³/mol. The third kappa shape index (κ3) is 2.89. The van der Waals surface area contributed by atoms with Crippen LogP contribution in [-0.2, 0) is 14.8 Å². The van der Waals surface area contributed by atoms with Crippen molar-refractivity contribution in [1.29, 1.82) is 0 Å². The van der Waals surface area contributed by atoms with Crippen LogP contribution in [0.3, 0.4) is 0 Å². The molecule has 2 aliphatic heterocycles. The molecule has 2 heterocycles. The van der Waals surface area contributed by atoms with Crippen LogP contribution in [0.15, 0.2) is 23.2 Å². The Morgan fingerprint density at radius 2 is 1.62 bits per heavy atom. The highest BCUT2D eigenvalue weighted by Gasteiger charge is 2.52. The van der Waals surface area contributed by atoms with E-state index in [0.717, 1.165) is 17.0 Å². The molecule has 1 saturated carbocycles. The van der Waals surface area contributed by atoms with Gasteiger partial charge in [-0.05, 0) is 65.9 Å². The fraction of sp³-hybridized carbons (Fsp3) is 0.667. The third-order valence-electron chi connectivity index (χ3n) is 6.63. The molecule has 0 bridgehead atoms. The van der Waals surface area contributed by atoms with Crippen molar-refractivity contribution in [2.75, 3.05) is 5.32 Å². The monoisotopic (exact) mass is 354 g/mol. The minimum absolute atomic E-state index is 0.201. The number of hydrogen-bond acceptors (Lipinski definition) is 4. The lowest BCUT2D eigenvalue weighted by Crippen LogP contribution is -2.41. The zero-order valence-electron chi connectivity index (χ0n) is 17.0. The lowest BCUT2D eigenvalue weighted by molar-refractivity contribution is 0.00578. The van der Waals surface area contributed by atoms with E-state index in [0.29, 0.717) is 5.92 Å². The maximum atomic E-state index is 6.24. The van der Waals surface area contributed by atoms with E-state index in [1.165, 1.54) is 31.2 Å². The first kappa shape index (κ1) is 18.1. The van der Waals surface area contributed by atoms with Gasteiger partial charge in [-0.25, -0.2) is 0 Å². The van der Waals surface area contributed by atoms with E-state index >= 15 is 0 Å². The minimum atomic E-state index is -0.330. The molecule has 1 aromatic carbocycles. The number of nitrogens with zero attached hydrogens (tertiary/aromatic N) is 1. The van der Waals surface area contributed by atoms with Crippen LogP contribution in [0.5, 0.6) is 0 Å². The fourth-order valence-corrected chi connectivity index (χ4v) is 4.24. The molecule has 1 aromatic rings. The molecule has 1 saturated heterocycles. The third-order valence-corrected chi connectivity index (χ3v) is 6.63. The Morgan fingerprint density at radius 1 is 1.00 bits per heavy atom. The summed E-state index contributed by atoms with van der Waals surface area (Å²) in [6, 6.07) is 6.50. The van der Waals surface area contributed by atoms with E-state index in [1.54, 1.807) is 0 Å². The number of rotatable bonds is 2. The van der Waals surface area contributed by atoms with Crippen LogP contribution in [0.2, 0.25) is 0 Å². The first-order valence-electron chi connectivity index (χ1n) is 9.96. The van der Waals surface area contributed by atoms with Gasteiger partial charge in [-0.2, -0.15) is 0 Å². The van der Waals surface area contributed by atoms with Crippen molar-refractivity contribution in [3.05, 3.63) is 23.8 Å². The van der Waals surface area contributed by atoms with E-state index < -0.39 is 0 Å². The second kappa shape index (κ2) is 5.83. The number of hydrogen-bond donors (Lipinski definition) is 1. The van der Waals surface area contributed by atoms with Crippen LogP contribution in [0.4, 0.5) is 5.69 Å². The van der Waals surface area contributed by atoms with Gasteiger partial charge in [-0.15, -0.1) is 0 Å². The Bertz CT molecular complexity index is 732. The number of nitrogens with one attached hydrogen (secondary N) is 1. The predicted octanol–water partition coefficient (Wildman–Crippen LogP) is 4.24. The molecule has 0 spiro atoms. The molecule has 5 heteroatoms. The molecule has 140 valence electrons. The highest BCUT2D eigenvalue weighted by Crippen LogP contribution is 2.40. The molecule has 3 aliphatic rings. The van der Waals surface area contributed by atoms with Crippen LogP contribution in [-0.4, -0.2) is 24.2 Å². The van der Waals surface area contributed by atoms with Crippen molar-refractivity contribution in [1.82, 2.24) is 0 Å². The van der Waals surface area contributed by atoms with Crippen molar-refractivity contribution in [3.8, 4) is 0 Å². The van der Waals surface area contributed by atoms with E-state index in [2.05, 4.69) is 65.1 Å². The molecule has 26 heavy (non-hydrogen) atoms. The molecule has 1 N–H and O–H groups in total. The smallest absolute Gasteiger partial charge is 0.399 e. The van der Waals surface area contributed by atoms with Crippen LogP contribution < -0.4 is 10.8 Å². The van der Waals surface area contributed by atoms with E-state index in [4.69, 9.17) is 14.3 Å². The van der Waals surface area contributed by atoms with Crippen molar-refractivity contribution < 1.29 is 9.31 Å². The average molecular weight is 354 g/mol. The Kier molecular flexibility index (Phi) is 4.05. The molecular weight excluding hydrogens is 323 g/mol. The van der Waals surface area contributed by atoms with Gasteiger partial charge in [0.05, 0.1) is 16.7 Å². The van der Waals surface area contributed by atoms with Gasteiger partial charge < -0.3 is 14.6 Å². The lowest BCUT2D eigenvalue weighted by Gasteiger charge is -2.33. The number of amidine groups is 1. The summed E-state index contributed by atoms with van der Waals surface area (Å²) >= 11 is 0. The first-order valence-corrected chi connectivity index (χ1v) is 9.96. The number of fused-ring (bicyclic) bond motifs is 1. The van der Waals surface area contributed by atoms with Crippen LogP contribution in [0, 0.1) is 5.92 Å². The van der Waals surface area contributed by atoms with Crippen LogP contribution in [0.25, 0.3) is 0 Å². The number of benzene rings is 1. The summed E-state index contributed by atoms with van der Waals surface area (Å²) in [7, 11) is -0.330. The zero-order valence-corrected chi connectivity index (χ0v) is 17.0. The van der Waals surface area contributed by atoms with Gasteiger partial charge in [0.1, 0.15) is 5.84 Å². The molecule has 4 rings (SSSR count). The summed E-state index contributed by atoms with van der Waals surface area (Å²) in [5, 5.41) is 3.64. The molecule has 0 amide bonds. The van der Waals surface area contributed by atoms with Gasteiger partial charge in [0.2, 0.25) is 0 Å². The standard InChI is InChI=1S/C21H31BN2O2/c1-19(2)16-12-11-15(22-25-20(3,4)21(5,6)26-22)13-17(16)23-18(24-19)14-9-7-8-10-14/h11-14H,7-10H2,1-6H3,(H,23,24). The first-order chi connectivity index (χ1) is 12.1. The quantitative estimate of drug-likeness (QED) is 0.808. The Labute approximate surface area is 157 Å². The molecule has 2 fully saturated rings. The summed E-state index contributed by atoms with van der Waals surface area (Å²) in [6.07, 6.45) is 5.11. The molecule has 4 nitrogen and oxygen atoms in total. The normalized spacial score (nSPS) is 26.4. The summed E-state index contributed by atoms with van der Waals surface area (Å²) < 4.78 is 12.5. The van der Waals surface area contributed by atoms with Gasteiger partial charge in [-0.3, -0.25) is 4.99 Å².